The number of carbonyl (C=O) groups excluding carboxylic acids is 3. The number of ether oxygens (including phenoxy) is 2. The standard InChI is InChI=1S/C20H22N2O5/c1-26-19(24)14-27-17-11-9-16(10-12-17)22-18(23)8-5-13-21-20(25)15-6-3-2-4-7-15/h2-4,6-7,9-12H,5,8,13-14H2,1H3,(H,21,25)(H,22,23). The summed E-state index contributed by atoms with van der Waals surface area (Å²) in [7, 11) is 1.29. The Labute approximate surface area is 157 Å². The number of hydrogen-bond acceptors (Lipinski definition) is 5. The summed E-state index contributed by atoms with van der Waals surface area (Å²) in [5.74, 6) is -0.264. The molecule has 0 radical (unpaired) electrons. The van der Waals surface area contributed by atoms with Crippen LogP contribution >= 0.6 is 0 Å². The summed E-state index contributed by atoms with van der Waals surface area (Å²) in [5, 5.41) is 5.55. The van der Waals surface area contributed by atoms with Gasteiger partial charge in [-0.1, -0.05) is 18.2 Å². The van der Waals surface area contributed by atoms with Gasteiger partial charge in [-0.3, -0.25) is 9.59 Å². The molecule has 2 N–H and O–H groups in total. The molecule has 0 heterocycles. The molecule has 7 nitrogen and oxygen atoms in total. The maximum atomic E-state index is 11.9. The van der Waals surface area contributed by atoms with Crippen LogP contribution in [0.1, 0.15) is 23.2 Å². The number of esters is 1. The number of carbonyl (C=O) groups is 3. The second-order valence-corrected chi connectivity index (χ2v) is 5.66. The zero-order valence-corrected chi connectivity index (χ0v) is 15.1. The van der Waals surface area contributed by atoms with E-state index in [2.05, 4.69) is 15.4 Å². The number of hydrogen-bond donors (Lipinski definition) is 2. The van der Waals surface area contributed by atoms with Crippen molar-refractivity contribution in [1.29, 1.82) is 0 Å². The highest BCUT2D eigenvalue weighted by Crippen LogP contribution is 2.16. The minimum Gasteiger partial charge on any atom is -0.482 e. The molecule has 0 saturated carbocycles. The van der Waals surface area contributed by atoms with Crippen molar-refractivity contribution in [1.82, 2.24) is 5.32 Å². The van der Waals surface area contributed by atoms with Crippen molar-refractivity contribution in [2.75, 3.05) is 25.6 Å². The smallest absolute Gasteiger partial charge is 0.343 e. The first-order valence-corrected chi connectivity index (χ1v) is 8.51. The van der Waals surface area contributed by atoms with Crippen LogP contribution in [-0.2, 0) is 14.3 Å². The zero-order valence-electron chi connectivity index (χ0n) is 15.1. The SMILES string of the molecule is COC(=O)COc1ccc(NC(=O)CCCNC(=O)c2ccccc2)cc1. The van der Waals surface area contributed by atoms with E-state index in [0.717, 1.165) is 0 Å². The molecule has 0 saturated heterocycles. The Morgan fingerprint density at radius 2 is 1.67 bits per heavy atom. The van der Waals surface area contributed by atoms with Gasteiger partial charge in [-0.25, -0.2) is 4.79 Å². The van der Waals surface area contributed by atoms with Crippen LogP contribution in [0.3, 0.4) is 0 Å². The van der Waals surface area contributed by atoms with Gasteiger partial charge in [0.15, 0.2) is 6.61 Å². The summed E-state index contributed by atoms with van der Waals surface area (Å²) in [6, 6.07) is 15.6. The van der Waals surface area contributed by atoms with Crippen molar-refractivity contribution in [2.45, 2.75) is 12.8 Å². The van der Waals surface area contributed by atoms with E-state index in [9.17, 15) is 14.4 Å². The molecule has 0 spiro atoms. The van der Waals surface area contributed by atoms with Crippen LogP contribution in [0.4, 0.5) is 5.69 Å². The largest absolute Gasteiger partial charge is 0.482 e. The van der Waals surface area contributed by atoms with Crippen LogP contribution in [-0.4, -0.2) is 38.0 Å². The Morgan fingerprint density at radius 3 is 2.33 bits per heavy atom. The number of methoxy groups -OCH3 is 1. The van der Waals surface area contributed by atoms with Crippen LogP contribution in [0.5, 0.6) is 5.75 Å². The average Bonchev–Trinajstić information content (AvgIpc) is 2.71. The Morgan fingerprint density at radius 1 is 0.963 bits per heavy atom. The van der Waals surface area contributed by atoms with Crippen LogP contribution in [0.2, 0.25) is 0 Å². The first-order chi connectivity index (χ1) is 13.1. The third-order valence-electron chi connectivity index (χ3n) is 3.62. The summed E-state index contributed by atoms with van der Waals surface area (Å²) in [6.07, 6.45) is 0.820. The minimum atomic E-state index is -0.466. The first-order valence-electron chi connectivity index (χ1n) is 8.51. The molecule has 142 valence electrons. The lowest BCUT2D eigenvalue weighted by molar-refractivity contribution is -0.142. The maximum absolute atomic E-state index is 11.9. The van der Waals surface area contributed by atoms with Crippen LogP contribution in [0.15, 0.2) is 54.6 Å². The van der Waals surface area contributed by atoms with Gasteiger partial charge >= 0.3 is 5.97 Å². The quantitative estimate of drug-likeness (QED) is 0.522. The lowest BCUT2D eigenvalue weighted by Gasteiger charge is -2.08. The van der Waals surface area contributed by atoms with Gasteiger partial charge < -0.3 is 20.1 Å². The molecule has 0 aliphatic carbocycles. The molecule has 2 amide bonds. The van der Waals surface area contributed by atoms with E-state index >= 15 is 0 Å². The van der Waals surface area contributed by atoms with Gasteiger partial charge in [-0.2, -0.15) is 0 Å². The summed E-state index contributed by atoms with van der Waals surface area (Å²) in [5.41, 5.74) is 1.22. The van der Waals surface area contributed by atoms with E-state index in [-0.39, 0.29) is 24.8 Å². The van der Waals surface area contributed by atoms with E-state index in [0.29, 0.717) is 30.0 Å². The van der Waals surface area contributed by atoms with Gasteiger partial charge in [0.1, 0.15) is 5.75 Å². The topological polar surface area (TPSA) is 93.7 Å². The fourth-order valence-corrected chi connectivity index (χ4v) is 2.20. The second-order valence-electron chi connectivity index (χ2n) is 5.66. The summed E-state index contributed by atoms with van der Waals surface area (Å²) in [4.78, 5) is 34.8. The van der Waals surface area contributed by atoms with Gasteiger partial charge in [-0.15, -0.1) is 0 Å². The number of anilines is 1. The monoisotopic (exact) mass is 370 g/mol. The Balaban J connectivity index is 1.66. The van der Waals surface area contributed by atoms with E-state index in [1.165, 1.54) is 7.11 Å². The van der Waals surface area contributed by atoms with Crippen molar-refractivity contribution < 1.29 is 23.9 Å². The molecule has 27 heavy (non-hydrogen) atoms. The number of rotatable bonds is 9. The van der Waals surface area contributed by atoms with Crippen molar-refractivity contribution in [2.24, 2.45) is 0 Å². The fraction of sp³-hybridized carbons (Fsp3) is 0.250. The van der Waals surface area contributed by atoms with Gasteiger partial charge in [0, 0.05) is 24.2 Å². The number of benzene rings is 2. The molecule has 0 unspecified atom stereocenters. The van der Waals surface area contributed by atoms with Crippen LogP contribution in [0.25, 0.3) is 0 Å². The van der Waals surface area contributed by atoms with E-state index in [1.807, 2.05) is 6.07 Å². The van der Waals surface area contributed by atoms with Gasteiger partial charge in [0.2, 0.25) is 5.91 Å². The van der Waals surface area contributed by atoms with Crippen molar-refractivity contribution in [3.63, 3.8) is 0 Å². The van der Waals surface area contributed by atoms with Crippen molar-refractivity contribution in [3.05, 3.63) is 60.2 Å². The highest BCUT2D eigenvalue weighted by atomic mass is 16.6. The molecule has 2 rings (SSSR count). The lowest BCUT2D eigenvalue weighted by Crippen LogP contribution is -2.25. The van der Waals surface area contributed by atoms with Crippen LogP contribution in [0, 0.1) is 0 Å². The average molecular weight is 370 g/mol. The zero-order chi connectivity index (χ0) is 19.5. The van der Waals surface area contributed by atoms with Crippen molar-refractivity contribution >= 4 is 23.5 Å². The number of nitrogens with one attached hydrogen (secondary N) is 2. The molecule has 0 aliphatic heterocycles. The van der Waals surface area contributed by atoms with E-state index < -0.39 is 5.97 Å². The lowest BCUT2D eigenvalue weighted by atomic mass is 10.2. The van der Waals surface area contributed by atoms with Gasteiger partial charge in [0.25, 0.3) is 5.91 Å². The normalized spacial score (nSPS) is 9.96. The predicted molar refractivity (Wildman–Crippen MR) is 101 cm³/mol. The molecule has 0 aliphatic rings. The molecular formula is C20H22N2O5. The van der Waals surface area contributed by atoms with Crippen molar-refractivity contribution in [3.8, 4) is 5.75 Å². The molecular weight excluding hydrogens is 348 g/mol. The molecule has 0 atom stereocenters. The Hall–Kier alpha value is -3.35. The Kier molecular flexibility index (Phi) is 7.84. The molecule has 7 heteroatoms. The van der Waals surface area contributed by atoms with E-state index in [4.69, 9.17) is 4.74 Å². The van der Waals surface area contributed by atoms with Crippen LogP contribution < -0.4 is 15.4 Å². The highest BCUT2D eigenvalue weighted by molar-refractivity contribution is 5.94. The van der Waals surface area contributed by atoms with E-state index in [1.54, 1.807) is 48.5 Å². The molecule has 0 fully saturated rings. The maximum Gasteiger partial charge on any atom is 0.343 e. The fourth-order valence-electron chi connectivity index (χ4n) is 2.20. The first kappa shape index (κ1) is 20.0. The number of amides is 2. The molecule has 0 aromatic heterocycles. The molecule has 2 aromatic rings. The second kappa shape index (κ2) is 10.6. The third-order valence-corrected chi connectivity index (χ3v) is 3.62. The molecule has 0 bridgehead atoms. The minimum absolute atomic E-state index is 0.146. The Bertz CT molecular complexity index is 760. The third kappa shape index (κ3) is 7.19. The summed E-state index contributed by atoms with van der Waals surface area (Å²) in [6.45, 7) is 0.248. The summed E-state index contributed by atoms with van der Waals surface area (Å²) >= 11 is 0. The molecule has 2 aromatic carbocycles. The summed E-state index contributed by atoms with van der Waals surface area (Å²) < 4.78 is 9.72. The van der Waals surface area contributed by atoms with Gasteiger partial charge in [-0.05, 0) is 42.8 Å². The predicted octanol–water partition coefficient (Wildman–Crippen LogP) is 2.39. The van der Waals surface area contributed by atoms with Gasteiger partial charge in [0.05, 0.1) is 7.11 Å². The highest BCUT2D eigenvalue weighted by Gasteiger charge is 2.06.